The molecule has 2 aromatic rings. The summed E-state index contributed by atoms with van der Waals surface area (Å²) < 4.78 is 17.2. The van der Waals surface area contributed by atoms with Gasteiger partial charge in [-0.2, -0.15) is 0 Å². The van der Waals surface area contributed by atoms with E-state index in [0.717, 1.165) is 5.56 Å². The number of carbonyl (C=O) groups excluding carboxylic acids is 3. The predicted molar refractivity (Wildman–Crippen MR) is 132 cm³/mol. The number of carbonyl (C=O) groups is 3. The van der Waals surface area contributed by atoms with Crippen molar-refractivity contribution in [2.75, 3.05) is 33.9 Å². The summed E-state index contributed by atoms with van der Waals surface area (Å²) in [6.07, 6.45) is 1.58. The van der Waals surface area contributed by atoms with Gasteiger partial charge >= 0.3 is 0 Å². The fraction of sp³-hybridized carbons (Fsp3) is 0.464. The van der Waals surface area contributed by atoms with Gasteiger partial charge in [0.1, 0.15) is 28.4 Å². The van der Waals surface area contributed by atoms with Crippen LogP contribution in [0.5, 0.6) is 17.2 Å². The molecule has 2 fully saturated rings. The van der Waals surface area contributed by atoms with Crippen LogP contribution in [0.3, 0.4) is 0 Å². The Bertz CT molecular complexity index is 1170. The third kappa shape index (κ3) is 4.29. The van der Waals surface area contributed by atoms with E-state index in [0.29, 0.717) is 55.3 Å². The normalized spacial score (nSPS) is 21.7. The number of fused-ring (bicyclic) bond motifs is 1. The van der Waals surface area contributed by atoms with Gasteiger partial charge in [0.2, 0.25) is 11.8 Å². The second-order valence-corrected chi connectivity index (χ2v) is 9.95. The molecular formula is C28H32N2O6. The molecule has 0 aromatic heterocycles. The van der Waals surface area contributed by atoms with Crippen molar-refractivity contribution in [3.63, 3.8) is 0 Å². The molecule has 0 N–H and O–H groups in total. The summed E-state index contributed by atoms with van der Waals surface area (Å²) in [4.78, 5) is 42.9. The van der Waals surface area contributed by atoms with Gasteiger partial charge in [0, 0.05) is 51.0 Å². The number of hydrogen-bond acceptors (Lipinski definition) is 6. The zero-order valence-corrected chi connectivity index (χ0v) is 21.0. The molecule has 8 nitrogen and oxygen atoms in total. The summed E-state index contributed by atoms with van der Waals surface area (Å²) in [5.74, 6) is 1.11. The van der Waals surface area contributed by atoms with Gasteiger partial charge in [0.25, 0.3) is 0 Å². The van der Waals surface area contributed by atoms with E-state index < -0.39 is 5.60 Å². The van der Waals surface area contributed by atoms with Gasteiger partial charge in [-0.15, -0.1) is 0 Å². The van der Waals surface area contributed by atoms with Gasteiger partial charge in [-0.25, -0.2) is 0 Å². The molecule has 2 amide bonds. The first kappa shape index (κ1) is 24.2. The lowest BCUT2D eigenvalue weighted by molar-refractivity contribution is -0.139. The van der Waals surface area contributed by atoms with Crippen molar-refractivity contribution in [2.45, 2.75) is 44.2 Å². The average molecular weight is 493 g/mol. The minimum Gasteiger partial charge on any atom is -0.496 e. The van der Waals surface area contributed by atoms with Gasteiger partial charge in [-0.3, -0.25) is 14.4 Å². The monoisotopic (exact) mass is 492 g/mol. The summed E-state index contributed by atoms with van der Waals surface area (Å²) in [5.41, 5.74) is 0.850. The van der Waals surface area contributed by atoms with Crippen LogP contribution in [-0.2, 0) is 9.59 Å². The minimum absolute atomic E-state index is 0.00633. The maximum atomic E-state index is 13.4. The van der Waals surface area contributed by atoms with Crippen molar-refractivity contribution in [3.8, 4) is 17.2 Å². The fourth-order valence-electron chi connectivity index (χ4n) is 5.70. The topological polar surface area (TPSA) is 85.4 Å². The summed E-state index contributed by atoms with van der Waals surface area (Å²) in [6.45, 7) is 3.41. The van der Waals surface area contributed by atoms with Crippen LogP contribution in [0.1, 0.15) is 54.6 Å². The molecular weight excluding hydrogens is 460 g/mol. The number of ketones is 1. The Morgan fingerprint density at radius 3 is 2.47 bits per heavy atom. The predicted octanol–water partition coefficient (Wildman–Crippen LogP) is 3.64. The van der Waals surface area contributed by atoms with Crippen molar-refractivity contribution in [3.05, 3.63) is 53.6 Å². The molecule has 0 saturated carbocycles. The van der Waals surface area contributed by atoms with E-state index in [-0.39, 0.29) is 42.4 Å². The lowest BCUT2D eigenvalue weighted by Crippen LogP contribution is -2.53. The van der Waals surface area contributed by atoms with E-state index in [1.807, 2.05) is 47.1 Å². The SMILES string of the molecule is COc1cc(OC)c2c(c1)OC1(CCN(C(=O)C3CC(=O)N(C(C)c4ccccc4)C3)CC1)CC2=O. The Kier molecular flexibility index (Phi) is 6.36. The molecule has 2 aromatic carbocycles. The van der Waals surface area contributed by atoms with Gasteiger partial charge in [-0.1, -0.05) is 30.3 Å². The number of rotatable bonds is 5. The minimum atomic E-state index is -0.655. The van der Waals surface area contributed by atoms with Crippen LogP contribution in [-0.4, -0.2) is 66.9 Å². The van der Waals surface area contributed by atoms with Crippen LogP contribution in [0.25, 0.3) is 0 Å². The maximum absolute atomic E-state index is 13.4. The lowest BCUT2D eigenvalue weighted by Gasteiger charge is -2.44. The van der Waals surface area contributed by atoms with E-state index in [9.17, 15) is 14.4 Å². The number of Topliss-reactive ketones (excluding diaryl/α,β-unsaturated/α-hetero) is 1. The number of piperidine rings is 1. The highest BCUT2D eigenvalue weighted by molar-refractivity contribution is 6.03. The van der Waals surface area contributed by atoms with Gasteiger partial charge in [0.05, 0.1) is 32.6 Å². The Morgan fingerprint density at radius 1 is 1.08 bits per heavy atom. The number of ether oxygens (including phenoxy) is 3. The van der Waals surface area contributed by atoms with Crippen LogP contribution in [0, 0.1) is 5.92 Å². The van der Waals surface area contributed by atoms with E-state index in [1.165, 1.54) is 7.11 Å². The highest BCUT2D eigenvalue weighted by Crippen LogP contribution is 2.45. The molecule has 0 bridgehead atoms. The first-order valence-corrected chi connectivity index (χ1v) is 12.5. The largest absolute Gasteiger partial charge is 0.496 e. The van der Waals surface area contributed by atoms with Crippen LogP contribution >= 0.6 is 0 Å². The average Bonchev–Trinajstić information content (AvgIpc) is 3.29. The highest BCUT2D eigenvalue weighted by atomic mass is 16.5. The zero-order valence-electron chi connectivity index (χ0n) is 21.0. The highest BCUT2D eigenvalue weighted by Gasteiger charge is 2.46. The molecule has 0 radical (unpaired) electrons. The van der Waals surface area contributed by atoms with Crippen LogP contribution in [0.2, 0.25) is 0 Å². The van der Waals surface area contributed by atoms with Crippen molar-refractivity contribution in [1.82, 2.24) is 9.80 Å². The Hall–Kier alpha value is -3.55. The number of hydrogen-bond donors (Lipinski definition) is 0. The number of amides is 2. The molecule has 36 heavy (non-hydrogen) atoms. The van der Waals surface area contributed by atoms with Crippen molar-refractivity contribution in [1.29, 1.82) is 0 Å². The molecule has 8 heteroatoms. The molecule has 190 valence electrons. The molecule has 1 spiro atoms. The Labute approximate surface area is 211 Å². The van der Waals surface area contributed by atoms with E-state index in [2.05, 4.69) is 0 Å². The van der Waals surface area contributed by atoms with Crippen LogP contribution < -0.4 is 14.2 Å². The maximum Gasteiger partial charge on any atom is 0.227 e. The van der Waals surface area contributed by atoms with Crippen LogP contribution in [0.15, 0.2) is 42.5 Å². The Balaban J connectivity index is 1.25. The third-order valence-corrected chi connectivity index (χ3v) is 7.83. The van der Waals surface area contributed by atoms with Crippen molar-refractivity contribution >= 4 is 17.6 Å². The third-order valence-electron chi connectivity index (χ3n) is 7.83. The van der Waals surface area contributed by atoms with Gasteiger partial charge in [0.15, 0.2) is 5.78 Å². The van der Waals surface area contributed by atoms with Crippen molar-refractivity contribution in [2.24, 2.45) is 5.92 Å². The molecule has 2 saturated heterocycles. The first-order valence-electron chi connectivity index (χ1n) is 12.5. The molecule has 5 rings (SSSR count). The second-order valence-electron chi connectivity index (χ2n) is 9.95. The number of methoxy groups -OCH3 is 2. The molecule has 2 unspecified atom stereocenters. The molecule has 3 aliphatic rings. The standard InChI is InChI=1S/C28H32N2O6/c1-18(19-7-5-4-6-8-19)30-17-20(13-25(30)32)27(33)29-11-9-28(10-12-29)16-22(31)26-23(35-3)14-21(34-2)15-24(26)36-28/h4-8,14-15,18,20H,9-13,16-17H2,1-3H3. The van der Waals surface area contributed by atoms with Gasteiger partial charge in [-0.05, 0) is 12.5 Å². The van der Waals surface area contributed by atoms with E-state index in [4.69, 9.17) is 14.2 Å². The second kappa shape index (κ2) is 9.48. The summed E-state index contributed by atoms with van der Waals surface area (Å²) in [6, 6.07) is 13.2. The Morgan fingerprint density at radius 2 is 1.81 bits per heavy atom. The molecule has 2 atom stereocenters. The van der Waals surface area contributed by atoms with E-state index >= 15 is 0 Å². The fourth-order valence-corrected chi connectivity index (χ4v) is 5.70. The van der Waals surface area contributed by atoms with Crippen LogP contribution in [0.4, 0.5) is 0 Å². The molecule has 0 aliphatic carbocycles. The zero-order chi connectivity index (χ0) is 25.4. The summed E-state index contributed by atoms with van der Waals surface area (Å²) in [7, 11) is 3.08. The molecule has 3 aliphatic heterocycles. The first-order chi connectivity index (χ1) is 17.3. The van der Waals surface area contributed by atoms with Gasteiger partial charge < -0.3 is 24.0 Å². The molecule has 3 heterocycles. The summed E-state index contributed by atoms with van der Waals surface area (Å²) >= 11 is 0. The number of nitrogens with zero attached hydrogens (tertiary/aromatic N) is 2. The quantitative estimate of drug-likeness (QED) is 0.634. The van der Waals surface area contributed by atoms with Crippen molar-refractivity contribution < 1.29 is 28.6 Å². The van der Waals surface area contributed by atoms with E-state index in [1.54, 1.807) is 19.2 Å². The lowest BCUT2D eigenvalue weighted by atomic mass is 9.82. The number of likely N-dealkylation sites (tertiary alicyclic amines) is 2. The number of benzene rings is 2. The summed E-state index contributed by atoms with van der Waals surface area (Å²) in [5, 5.41) is 0. The smallest absolute Gasteiger partial charge is 0.227 e.